The summed E-state index contributed by atoms with van der Waals surface area (Å²) in [5, 5.41) is 3.28. The quantitative estimate of drug-likeness (QED) is 0.829. The van der Waals surface area contributed by atoms with E-state index in [0.717, 1.165) is 17.0 Å². The maximum Gasteiger partial charge on any atom is 0.337 e. The Hall–Kier alpha value is -2.47. The largest absolute Gasteiger partial charge is 0.465 e. The number of hydrogen-bond donors (Lipinski definition) is 1. The van der Waals surface area contributed by atoms with Crippen LogP contribution in [0.3, 0.4) is 0 Å². The van der Waals surface area contributed by atoms with Gasteiger partial charge in [-0.1, -0.05) is 19.1 Å². The van der Waals surface area contributed by atoms with Gasteiger partial charge in [0.15, 0.2) is 0 Å². The van der Waals surface area contributed by atoms with E-state index in [9.17, 15) is 9.59 Å². The number of ether oxygens (including phenoxy) is 1. The van der Waals surface area contributed by atoms with E-state index in [2.05, 4.69) is 17.0 Å². The van der Waals surface area contributed by atoms with E-state index < -0.39 is 5.97 Å². The summed E-state index contributed by atoms with van der Waals surface area (Å²) in [6.07, 6.45) is 0.997. The average Bonchev–Trinajstić information content (AvgIpc) is 2.66. The van der Waals surface area contributed by atoms with E-state index in [1.165, 1.54) is 7.11 Å². The Balaban J connectivity index is 1.77. The fourth-order valence-electron chi connectivity index (χ4n) is 2.70. The highest BCUT2D eigenvalue weighted by Gasteiger charge is 2.28. The molecule has 0 fully saturated rings. The number of rotatable bonds is 3. The predicted molar refractivity (Wildman–Crippen MR) is 101 cm³/mol. The van der Waals surface area contributed by atoms with Crippen LogP contribution in [0, 0.1) is 0 Å². The molecule has 5 nitrogen and oxygen atoms in total. The van der Waals surface area contributed by atoms with Crippen molar-refractivity contribution < 1.29 is 14.3 Å². The van der Waals surface area contributed by atoms with Crippen molar-refractivity contribution in [1.82, 2.24) is 0 Å². The van der Waals surface area contributed by atoms with Gasteiger partial charge in [-0.15, -0.1) is 11.8 Å². The summed E-state index contributed by atoms with van der Waals surface area (Å²) in [5.74, 6) is -0.398. The van der Waals surface area contributed by atoms with Gasteiger partial charge in [-0.2, -0.15) is 0 Å². The third-order valence-corrected chi connectivity index (χ3v) is 5.51. The lowest BCUT2D eigenvalue weighted by molar-refractivity contribution is 0.0601. The van der Waals surface area contributed by atoms with Gasteiger partial charge in [0.05, 0.1) is 18.4 Å². The fourth-order valence-corrected chi connectivity index (χ4v) is 3.91. The van der Waals surface area contributed by atoms with Crippen LogP contribution in [0.4, 0.5) is 16.2 Å². The summed E-state index contributed by atoms with van der Waals surface area (Å²) >= 11 is 1.82. The summed E-state index contributed by atoms with van der Waals surface area (Å²) in [4.78, 5) is 27.2. The van der Waals surface area contributed by atoms with Gasteiger partial charge in [0.1, 0.15) is 0 Å². The maximum atomic E-state index is 12.8. The molecule has 0 bridgehead atoms. The number of urea groups is 1. The zero-order chi connectivity index (χ0) is 17.8. The van der Waals surface area contributed by atoms with Crippen LogP contribution in [-0.4, -0.2) is 30.9 Å². The van der Waals surface area contributed by atoms with Crippen molar-refractivity contribution >= 4 is 35.1 Å². The van der Waals surface area contributed by atoms with Crippen LogP contribution in [0.2, 0.25) is 0 Å². The minimum Gasteiger partial charge on any atom is -0.465 e. The molecular formula is C19H20N2O3S. The second-order valence-electron chi connectivity index (χ2n) is 5.73. The van der Waals surface area contributed by atoms with Crippen LogP contribution >= 0.6 is 11.8 Å². The molecule has 0 radical (unpaired) electrons. The molecule has 1 heterocycles. The zero-order valence-corrected chi connectivity index (χ0v) is 15.0. The number of carbonyl (C=O) groups excluding carboxylic acids is 2. The number of methoxy groups -OCH3 is 1. The Labute approximate surface area is 151 Å². The maximum absolute atomic E-state index is 12.8. The molecule has 0 saturated carbocycles. The highest BCUT2D eigenvalue weighted by atomic mass is 32.2. The fraction of sp³-hybridized carbons (Fsp3) is 0.263. The smallest absolute Gasteiger partial charge is 0.337 e. The molecule has 130 valence electrons. The zero-order valence-electron chi connectivity index (χ0n) is 14.2. The molecule has 6 heteroatoms. The van der Waals surface area contributed by atoms with Crippen molar-refractivity contribution in [2.24, 2.45) is 0 Å². The summed E-state index contributed by atoms with van der Waals surface area (Å²) in [7, 11) is 1.34. The third kappa shape index (κ3) is 3.79. The van der Waals surface area contributed by atoms with Crippen molar-refractivity contribution in [1.29, 1.82) is 0 Å². The van der Waals surface area contributed by atoms with Crippen LogP contribution in [0.5, 0.6) is 0 Å². The molecule has 1 aliphatic rings. The van der Waals surface area contributed by atoms with Crippen LogP contribution in [0.1, 0.15) is 23.7 Å². The number of para-hydroxylation sites is 1. The number of hydrogen-bond acceptors (Lipinski definition) is 4. The molecule has 0 saturated heterocycles. The molecule has 1 atom stereocenters. The van der Waals surface area contributed by atoms with Gasteiger partial charge in [0, 0.05) is 22.4 Å². The molecular weight excluding hydrogens is 336 g/mol. The van der Waals surface area contributed by atoms with Gasteiger partial charge in [-0.25, -0.2) is 9.59 Å². The number of nitrogens with one attached hydrogen (secondary N) is 1. The lowest BCUT2D eigenvalue weighted by Crippen LogP contribution is -2.41. The average molecular weight is 356 g/mol. The van der Waals surface area contributed by atoms with Gasteiger partial charge in [0.25, 0.3) is 0 Å². The lowest BCUT2D eigenvalue weighted by atomic mass is 10.2. The molecule has 0 aromatic heterocycles. The molecule has 3 rings (SSSR count). The normalized spacial score (nSPS) is 16.1. The Bertz CT molecular complexity index is 776. The minimum atomic E-state index is -0.398. The van der Waals surface area contributed by atoms with Crippen molar-refractivity contribution in [2.45, 2.75) is 23.5 Å². The van der Waals surface area contributed by atoms with E-state index in [4.69, 9.17) is 0 Å². The number of carbonyl (C=O) groups is 2. The van der Waals surface area contributed by atoms with Gasteiger partial charge in [0.2, 0.25) is 0 Å². The number of esters is 1. The standard InChI is InChI=1S/C19H20N2O3S/c1-3-15-12-21(16-6-4-5-7-17(16)25-15)19(23)20-14-10-8-13(9-11-14)18(22)24-2/h4-11,15H,3,12H2,1-2H3,(H,20,23)/t15-/m1/s1. The predicted octanol–water partition coefficient (Wildman–Crippen LogP) is 4.40. The third-order valence-electron chi connectivity index (χ3n) is 4.09. The van der Waals surface area contributed by atoms with Crippen molar-refractivity contribution in [3.05, 3.63) is 54.1 Å². The molecule has 0 aliphatic carbocycles. The van der Waals surface area contributed by atoms with Gasteiger partial charge in [-0.3, -0.25) is 4.90 Å². The first-order valence-electron chi connectivity index (χ1n) is 8.15. The van der Waals surface area contributed by atoms with Crippen molar-refractivity contribution in [2.75, 3.05) is 23.9 Å². The second kappa shape index (κ2) is 7.61. The van der Waals surface area contributed by atoms with Gasteiger partial charge < -0.3 is 10.1 Å². The van der Waals surface area contributed by atoms with E-state index >= 15 is 0 Å². The second-order valence-corrected chi connectivity index (χ2v) is 7.07. The Morgan fingerprint density at radius 3 is 2.60 bits per heavy atom. The van der Waals surface area contributed by atoms with Crippen molar-refractivity contribution in [3.8, 4) is 0 Å². The topological polar surface area (TPSA) is 58.6 Å². The highest BCUT2D eigenvalue weighted by Crippen LogP contribution is 2.39. The Kier molecular flexibility index (Phi) is 5.28. The van der Waals surface area contributed by atoms with Crippen LogP contribution in [-0.2, 0) is 4.74 Å². The Morgan fingerprint density at radius 1 is 1.20 bits per heavy atom. The molecule has 2 amide bonds. The SMILES string of the molecule is CC[C@@H]1CN(C(=O)Nc2ccc(C(=O)OC)cc2)c2ccccc2S1. The molecule has 25 heavy (non-hydrogen) atoms. The van der Waals surface area contributed by atoms with Crippen LogP contribution in [0.25, 0.3) is 0 Å². The summed E-state index contributed by atoms with van der Waals surface area (Å²) in [5.41, 5.74) is 2.02. The van der Waals surface area contributed by atoms with Gasteiger partial charge >= 0.3 is 12.0 Å². The molecule has 2 aromatic carbocycles. The molecule has 2 aromatic rings. The van der Waals surface area contributed by atoms with E-state index in [1.54, 1.807) is 29.2 Å². The lowest BCUT2D eigenvalue weighted by Gasteiger charge is -2.33. The number of anilines is 2. The van der Waals surface area contributed by atoms with Gasteiger partial charge in [-0.05, 0) is 42.8 Å². The molecule has 1 N–H and O–H groups in total. The van der Waals surface area contributed by atoms with Crippen molar-refractivity contribution in [3.63, 3.8) is 0 Å². The number of benzene rings is 2. The highest BCUT2D eigenvalue weighted by molar-refractivity contribution is 8.00. The summed E-state index contributed by atoms with van der Waals surface area (Å²) in [6.45, 7) is 2.80. The molecule has 0 unspecified atom stereocenters. The summed E-state index contributed by atoms with van der Waals surface area (Å²) < 4.78 is 4.68. The molecule has 0 spiro atoms. The number of nitrogens with zero attached hydrogens (tertiary/aromatic N) is 1. The van der Waals surface area contributed by atoms with E-state index in [-0.39, 0.29) is 6.03 Å². The Morgan fingerprint density at radius 2 is 1.92 bits per heavy atom. The van der Waals surface area contributed by atoms with Crippen LogP contribution in [0.15, 0.2) is 53.4 Å². The number of amides is 2. The first-order valence-corrected chi connectivity index (χ1v) is 9.03. The first kappa shape index (κ1) is 17.4. The number of thioether (sulfide) groups is 1. The van der Waals surface area contributed by atoms with E-state index in [0.29, 0.717) is 23.0 Å². The van der Waals surface area contributed by atoms with E-state index in [1.807, 2.05) is 36.0 Å². The van der Waals surface area contributed by atoms with Crippen LogP contribution < -0.4 is 10.2 Å². The number of fused-ring (bicyclic) bond motifs is 1. The monoisotopic (exact) mass is 356 g/mol. The molecule has 1 aliphatic heterocycles. The summed E-state index contributed by atoms with van der Waals surface area (Å²) in [6, 6.07) is 14.5. The minimum absolute atomic E-state index is 0.169. The first-order chi connectivity index (χ1) is 12.1.